The zero-order valence-electron chi connectivity index (χ0n) is 17.5. The minimum absolute atomic E-state index is 0.420. The molecule has 0 amide bonds. The predicted octanol–water partition coefficient (Wildman–Crippen LogP) is 6.52. The number of nitrogens with zero attached hydrogens (tertiary/aromatic N) is 1. The Labute approximate surface area is 168 Å². The number of oxime groups is 1. The van der Waals surface area contributed by atoms with Crippen molar-refractivity contribution in [3.8, 4) is 11.1 Å². The number of benzene rings is 3. The van der Waals surface area contributed by atoms with Gasteiger partial charge in [-0.1, -0.05) is 84.7 Å². The van der Waals surface area contributed by atoms with Crippen LogP contribution in [0, 0.1) is 13.8 Å². The largest absolute Gasteiger partial charge is 0.399 e. The maximum atomic E-state index is 5.70. The van der Waals surface area contributed by atoms with Crippen LogP contribution in [0.2, 0.25) is 0 Å². The maximum Gasteiger partial charge on any atom is 0.142 e. The lowest BCUT2D eigenvalue weighted by Gasteiger charge is -2.11. The summed E-state index contributed by atoms with van der Waals surface area (Å²) >= 11 is 0. The number of nitrogen functional groups attached to an aromatic ring is 1. The molecule has 3 aromatic rings. The summed E-state index contributed by atoms with van der Waals surface area (Å²) in [7, 11) is 0. The quantitative estimate of drug-likeness (QED) is 0.314. The van der Waals surface area contributed by atoms with Crippen LogP contribution >= 0.6 is 0 Å². The molecule has 0 radical (unpaired) electrons. The van der Waals surface area contributed by atoms with E-state index in [4.69, 9.17) is 10.6 Å². The lowest BCUT2D eigenvalue weighted by atomic mass is 9.95. The average Bonchev–Trinajstić information content (AvgIpc) is 2.71. The minimum atomic E-state index is 0.420. The summed E-state index contributed by atoms with van der Waals surface area (Å²) in [6.45, 7) is 10.6. The van der Waals surface area contributed by atoms with E-state index in [9.17, 15) is 0 Å². The Kier molecular flexibility index (Phi) is 7.82. The Balaban J connectivity index is 0.00000136. The van der Waals surface area contributed by atoms with Crippen LogP contribution in [0.5, 0.6) is 0 Å². The van der Waals surface area contributed by atoms with E-state index in [1.54, 1.807) is 0 Å². The molecule has 3 rings (SSSR count). The smallest absolute Gasteiger partial charge is 0.142 e. The van der Waals surface area contributed by atoms with Crippen molar-refractivity contribution in [2.24, 2.45) is 5.16 Å². The highest BCUT2D eigenvalue weighted by molar-refractivity contribution is 6.04. The summed E-state index contributed by atoms with van der Waals surface area (Å²) in [6, 6.07) is 22.6. The lowest BCUT2D eigenvalue weighted by Crippen LogP contribution is -2.00. The number of anilines is 1. The number of aryl methyl sites for hydroxylation is 2. The minimum Gasteiger partial charge on any atom is -0.399 e. The van der Waals surface area contributed by atoms with Crippen molar-refractivity contribution >= 4 is 11.4 Å². The maximum absolute atomic E-state index is 5.70. The highest BCUT2D eigenvalue weighted by Crippen LogP contribution is 2.26. The first-order chi connectivity index (χ1) is 13.5. The fourth-order valence-electron chi connectivity index (χ4n) is 2.81. The van der Waals surface area contributed by atoms with E-state index in [1.807, 2.05) is 45.0 Å². The van der Waals surface area contributed by atoms with E-state index in [2.05, 4.69) is 61.5 Å². The van der Waals surface area contributed by atoms with E-state index in [0.717, 1.165) is 22.5 Å². The summed E-state index contributed by atoms with van der Waals surface area (Å²) in [5.41, 5.74) is 14.3. The number of rotatable bonds is 5. The third-order valence-corrected chi connectivity index (χ3v) is 4.34. The summed E-state index contributed by atoms with van der Waals surface area (Å²) in [6.07, 6.45) is 0. The third kappa shape index (κ3) is 5.71. The molecule has 3 nitrogen and oxygen atoms in total. The van der Waals surface area contributed by atoms with Crippen molar-refractivity contribution in [2.45, 2.75) is 41.2 Å². The molecule has 0 bridgehead atoms. The van der Waals surface area contributed by atoms with Gasteiger partial charge in [0.15, 0.2) is 0 Å². The molecular weight excluding hydrogens is 344 g/mol. The molecular formula is C25H30N2O. The van der Waals surface area contributed by atoms with Crippen molar-refractivity contribution in [3.05, 3.63) is 89.0 Å². The van der Waals surface area contributed by atoms with Crippen molar-refractivity contribution in [1.29, 1.82) is 0 Å². The van der Waals surface area contributed by atoms with E-state index in [1.165, 1.54) is 22.3 Å². The van der Waals surface area contributed by atoms with Gasteiger partial charge in [0, 0.05) is 11.3 Å². The second-order valence-electron chi connectivity index (χ2n) is 6.61. The van der Waals surface area contributed by atoms with Gasteiger partial charge in [-0.3, -0.25) is 0 Å². The number of nitrogens with two attached hydrogens (primary N) is 1. The highest BCUT2D eigenvalue weighted by atomic mass is 16.6. The molecule has 146 valence electrons. The molecule has 0 saturated carbocycles. The Morgan fingerprint density at radius 3 is 2.11 bits per heavy atom. The molecule has 0 spiro atoms. The van der Waals surface area contributed by atoms with E-state index < -0.39 is 0 Å². The fraction of sp³-hybridized carbons (Fsp3) is 0.240. The molecule has 0 aliphatic carbocycles. The lowest BCUT2D eigenvalue weighted by molar-refractivity contribution is 0.130. The average molecular weight is 375 g/mol. The first kappa shape index (κ1) is 21.2. The summed E-state index contributed by atoms with van der Waals surface area (Å²) in [5, 5.41) is 4.33. The zero-order chi connectivity index (χ0) is 20.5. The summed E-state index contributed by atoms with van der Waals surface area (Å²) in [4.78, 5) is 5.56. The molecule has 2 N–H and O–H groups in total. The predicted molar refractivity (Wildman–Crippen MR) is 121 cm³/mol. The van der Waals surface area contributed by atoms with Crippen LogP contribution in [-0.2, 0) is 11.4 Å². The van der Waals surface area contributed by atoms with Gasteiger partial charge in [0.25, 0.3) is 0 Å². The van der Waals surface area contributed by atoms with Gasteiger partial charge in [-0.05, 0) is 49.6 Å². The topological polar surface area (TPSA) is 47.6 Å². The van der Waals surface area contributed by atoms with Crippen molar-refractivity contribution in [3.63, 3.8) is 0 Å². The Bertz CT molecular complexity index is 910. The van der Waals surface area contributed by atoms with E-state index >= 15 is 0 Å². The summed E-state index contributed by atoms with van der Waals surface area (Å²) < 4.78 is 0. The van der Waals surface area contributed by atoms with Gasteiger partial charge < -0.3 is 10.6 Å². The fourth-order valence-corrected chi connectivity index (χ4v) is 2.81. The van der Waals surface area contributed by atoms with Crippen LogP contribution in [0.1, 0.15) is 43.0 Å². The molecule has 0 unspecified atom stereocenters. The molecule has 0 aromatic heterocycles. The van der Waals surface area contributed by atoms with Gasteiger partial charge in [0.05, 0.1) is 5.71 Å². The SMILES string of the molecule is C/C(=N\OCc1ccc(N)cc1)c1ccc(C)cc1-c1ccc(C)cc1.CC. The van der Waals surface area contributed by atoms with E-state index in [0.29, 0.717) is 6.61 Å². The summed E-state index contributed by atoms with van der Waals surface area (Å²) in [5.74, 6) is 0. The van der Waals surface area contributed by atoms with Gasteiger partial charge in [-0.2, -0.15) is 0 Å². The highest BCUT2D eigenvalue weighted by Gasteiger charge is 2.09. The first-order valence-electron chi connectivity index (χ1n) is 9.72. The van der Waals surface area contributed by atoms with Crippen LogP contribution in [0.4, 0.5) is 5.69 Å². The molecule has 0 fully saturated rings. The van der Waals surface area contributed by atoms with Gasteiger partial charge in [0.2, 0.25) is 0 Å². The molecule has 28 heavy (non-hydrogen) atoms. The number of hydrogen-bond acceptors (Lipinski definition) is 3. The zero-order valence-corrected chi connectivity index (χ0v) is 17.5. The second kappa shape index (κ2) is 10.3. The molecule has 3 heteroatoms. The third-order valence-electron chi connectivity index (χ3n) is 4.34. The van der Waals surface area contributed by atoms with Crippen LogP contribution in [0.25, 0.3) is 11.1 Å². The van der Waals surface area contributed by atoms with Crippen LogP contribution in [0.3, 0.4) is 0 Å². The Hall–Kier alpha value is -3.07. The molecule has 0 atom stereocenters. The molecule has 3 aromatic carbocycles. The number of hydrogen-bond donors (Lipinski definition) is 1. The second-order valence-corrected chi connectivity index (χ2v) is 6.61. The van der Waals surface area contributed by atoms with Gasteiger partial charge in [-0.15, -0.1) is 0 Å². The normalized spacial score (nSPS) is 10.8. The standard InChI is InChI=1S/C23H24N2O.C2H6/c1-16-4-9-20(10-5-16)23-14-17(2)6-13-22(23)18(3)25-26-15-19-7-11-21(24)12-8-19;1-2/h4-14H,15,24H2,1-3H3;1-2H3/b25-18+;. The van der Waals surface area contributed by atoms with Gasteiger partial charge in [0.1, 0.15) is 6.61 Å². The van der Waals surface area contributed by atoms with E-state index in [-0.39, 0.29) is 0 Å². The monoisotopic (exact) mass is 374 g/mol. The Morgan fingerprint density at radius 2 is 1.46 bits per heavy atom. The van der Waals surface area contributed by atoms with Crippen LogP contribution in [0.15, 0.2) is 71.9 Å². The van der Waals surface area contributed by atoms with Gasteiger partial charge in [-0.25, -0.2) is 0 Å². The van der Waals surface area contributed by atoms with Crippen LogP contribution < -0.4 is 5.73 Å². The molecule has 0 heterocycles. The van der Waals surface area contributed by atoms with Crippen molar-refractivity contribution < 1.29 is 4.84 Å². The molecule has 0 saturated heterocycles. The van der Waals surface area contributed by atoms with Crippen molar-refractivity contribution in [2.75, 3.05) is 5.73 Å². The van der Waals surface area contributed by atoms with Crippen molar-refractivity contribution in [1.82, 2.24) is 0 Å². The molecule has 0 aliphatic rings. The van der Waals surface area contributed by atoms with Gasteiger partial charge >= 0.3 is 0 Å². The molecule has 0 aliphatic heterocycles. The first-order valence-corrected chi connectivity index (χ1v) is 9.72. The Morgan fingerprint density at radius 1 is 0.857 bits per heavy atom. The van der Waals surface area contributed by atoms with Crippen LogP contribution in [-0.4, -0.2) is 5.71 Å².